The van der Waals surface area contributed by atoms with Gasteiger partial charge >= 0.3 is 5.69 Å². The molecule has 1 aromatic heterocycles. The highest BCUT2D eigenvalue weighted by molar-refractivity contribution is 7.92. The van der Waals surface area contributed by atoms with E-state index in [0.717, 1.165) is 10.9 Å². The first-order valence-corrected chi connectivity index (χ1v) is 12.5. The number of aromatic nitrogens is 2. The summed E-state index contributed by atoms with van der Waals surface area (Å²) in [7, 11) is -3.88. The van der Waals surface area contributed by atoms with Crippen LogP contribution in [-0.4, -0.2) is 30.8 Å². The zero-order chi connectivity index (χ0) is 24.4. The molecular weight excluding hydrogens is 464 g/mol. The molecule has 0 aliphatic carbocycles. The van der Waals surface area contributed by atoms with Crippen molar-refractivity contribution in [2.45, 2.75) is 11.3 Å². The molecule has 0 saturated carbocycles. The molecule has 1 heterocycles. The number of hydrogen-bond acceptors (Lipinski definition) is 4. The molecule has 0 unspecified atom stereocenters. The number of carbonyl (C=O) groups excluding carboxylic acids is 1. The quantitative estimate of drug-likeness (QED) is 0.279. The minimum Gasteiger partial charge on any atom is -0.352 e. The molecule has 35 heavy (non-hydrogen) atoms. The summed E-state index contributed by atoms with van der Waals surface area (Å²) in [5.74, 6) is -0.234. The van der Waals surface area contributed by atoms with Crippen molar-refractivity contribution in [3.8, 4) is 0 Å². The Balaban J connectivity index is 1.20. The Labute approximate surface area is 201 Å². The second-order valence-corrected chi connectivity index (χ2v) is 9.84. The number of sulfonamides is 1. The van der Waals surface area contributed by atoms with Gasteiger partial charge in [-0.25, -0.2) is 13.2 Å². The molecular formula is C26H22N4O4S. The molecule has 9 heteroatoms. The first-order chi connectivity index (χ1) is 16.9. The van der Waals surface area contributed by atoms with Crippen molar-refractivity contribution in [3.63, 3.8) is 0 Å². The number of nitrogens with one attached hydrogen (secondary N) is 4. The highest BCUT2D eigenvalue weighted by Gasteiger charge is 2.16. The normalized spacial score (nSPS) is 11.5. The van der Waals surface area contributed by atoms with Crippen molar-refractivity contribution in [3.05, 3.63) is 107 Å². The first-order valence-electron chi connectivity index (χ1n) is 11.0. The molecule has 8 nitrogen and oxygen atoms in total. The molecule has 4 N–H and O–H groups in total. The fraction of sp³-hybridized carbons (Fsp3) is 0.0769. The molecule has 176 valence electrons. The molecule has 0 aliphatic heterocycles. The molecule has 0 atom stereocenters. The van der Waals surface area contributed by atoms with Crippen LogP contribution in [0.15, 0.2) is 94.6 Å². The van der Waals surface area contributed by atoms with Crippen LogP contribution in [0, 0.1) is 0 Å². The molecule has 0 aliphatic rings. The van der Waals surface area contributed by atoms with Gasteiger partial charge in [-0.05, 0) is 65.2 Å². The number of anilines is 1. The van der Waals surface area contributed by atoms with Gasteiger partial charge in [0, 0.05) is 17.8 Å². The average molecular weight is 487 g/mol. The summed E-state index contributed by atoms with van der Waals surface area (Å²) < 4.78 is 28.0. The van der Waals surface area contributed by atoms with Crippen LogP contribution in [0.5, 0.6) is 0 Å². The number of imidazole rings is 1. The first kappa shape index (κ1) is 22.4. The van der Waals surface area contributed by atoms with Crippen LogP contribution < -0.4 is 15.7 Å². The Hall–Kier alpha value is -4.37. The van der Waals surface area contributed by atoms with Crippen molar-refractivity contribution >= 4 is 43.4 Å². The Morgan fingerprint density at radius 2 is 1.54 bits per heavy atom. The number of H-pyrrole nitrogens is 2. The summed E-state index contributed by atoms with van der Waals surface area (Å²) in [6.07, 6.45) is 0.700. The van der Waals surface area contributed by atoms with E-state index in [1.54, 1.807) is 12.1 Å². The third-order valence-corrected chi connectivity index (χ3v) is 7.09. The summed E-state index contributed by atoms with van der Waals surface area (Å²) in [5, 5.41) is 5.24. The van der Waals surface area contributed by atoms with Gasteiger partial charge < -0.3 is 15.3 Å². The standard InChI is InChI=1S/C26H22N4O4S/c31-25(27-14-13-17-5-6-18-3-1-2-4-20(18)15-17)19-7-9-21(10-8-19)30-35(33,34)22-11-12-23-24(16-22)29-26(32)28-23/h1-12,15-16,30H,13-14H2,(H,27,31)(H2,28,29,32). The average Bonchev–Trinajstić information content (AvgIpc) is 3.23. The number of benzene rings is 4. The van der Waals surface area contributed by atoms with Gasteiger partial charge in [0.1, 0.15) is 0 Å². The van der Waals surface area contributed by atoms with Crippen molar-refractivity contribution in [1.82, 2.24) is 15.3 Å². The molecule has 5 aromatic rings. The smallest absolute Gasteiger partial charge is 0.323 e. The predicted molar refractivity (Wildman–Crippen MR) is 136 cm³/mol. The summed E-state index contributed by atoms with van der Waals surface area (Å²) in [6.45, 7) is 0.481. The van der Waals surface area contributed by atoms with E-state index in [0.29, 0.717) is 35.2 Å². The third kappa shape index (κ3) is 4.95. The van der Waals surface area contributed by atoms with Gasteiger partial charge in [0.05, 0.1) is 15.9 Å². The highest BCUT2D eigenvalue weighted by atomic mass is 32.2. The lowest BCUT2D eigenvalue weighted by molar-refractivity contribution is 0.0954. The monoisotopic (exact) mass is 486 g/mol. The maximum atomic E-state index is 12.7. The fourth-order valence-electron chi connectivity index (χ4n) is 3.90. The number of fused-ring (bicyclic) bond motifs is 2. The predicted octanol–water partition coefficient (Wildman–Crippen LogP) is 3.78. The van der Waals surface area contributed by atoms with Gasteiger partial charge in [-0.1, -0.05) is 42.5 Å². The molecule has 0 spiro atoms. The molecule has 0 saturated heterocycles. The van der Waals surface area contributed by atoms with E-state index in [-0.39, 0.29) is 10.8 Å². The lowest BCUT2D eigenvalue weighted by atomic mass is 10.1. The topological polar surface area (TPSA) is 124 Å². The van der Waals surface area contributed by atoms with Crippen molar-refractivity contribution in [2.75, 3.05) is 11.3 Å². The van der Waals surface area contributed by atoms with E-state index >= 15 is 0 Å². The van der Waals surface area contributed by atoms with Gasteiger partial charge in [0.2, 0.25) is 0 Å². The maximum absolute atomic E-state index is 12.7. The van der Waals surface area contributed by atoms with E-state index in [9.17, 15) is 18.0 Å². The SMILES string of the molecule is O=C(NCCc1ccc2ccccc2c1)c1ccc(NS(=O)(=O)c2ccc3[nH]c(=O)[nH]c3c2)cc1. The van der Waals surface area contributed by atoms with Gasteiger partial charge in [-0.3, -0.25) is 9.52 Å². The molecule has 0 radical (unpaired) electrons. The lowest BCUT2D eigenvalue weighted by Crippen LogP contribution is -2.25. The Morgan fingerprint density at radius 3 is 2.34 bits per heavy atom. The number of hydrogen-bond donors (Lipinski definition) is 4. The van der Waals surface area contributed by atoms with Crippen LogP contribution >= 0.6 is 0 Å². The zero-order valence-corrected chi connectivity index (χ0v) is 19.4. The van der Waals surface area contributed by atoms with Crippen molar-refractivity contribution in [2.24, 2.45) is 0 Å². The highest BCUT2D eigenvalue weighted by Crippen LogP contribution is 2.20. The second-order valence-electron chi connectivity index (χ2n) is 8.16. The summed E-state index contributed by atoms with van der Waals surface area (Å²) in [6, 6.07) is 24.9. The largest absolute Gasteiger partial charge is 0.352 e. The van der Waals surface area contributed by atoms with Crippen LogP contribution in [0.25, 0.3) is 21.8 Å². The summed E-state index contributed by atoms with van der Waals surface area (Å²) >= 11 is 0. The maximum Gasteiger partial charge on any atom is 0.323 e. The van der Waals surface area contributed by atoms with Gasteiger partial charge in [0.15, 0.2) is 0 Å². The molecule has 5 rings (SSSR count). The van der Waals surface area contributed by atoms with Crippen LogP contribution in [0.1, 0.15) is 15.9 Å². The fourth-order valence-corrected chi connectivity index (χ4v) is 4.98. The molecule has 4 aromatic carbocycles. The van der Waals surface area contributed by atoms with Crippen molar-refractivity contribution in [1.29, 1.82) is 0 Å². The summed E-state index contributed by atoms with van der Waals surface area (Å²) in [5.41, 5.74) is 2.39. The number of aromatic amines is 2. The van der Waals surface area contributed by atoms with E-state index in [1.165, 1.54) is 35.7 Å². The molecule has 0 fully saturated rings. The van der Waals surface area contributed by atoms with Crippen LogP contribution in [0.4, 0.5) is 5.69 Å². The van der Waals surface area contributed by atoms with Crippen LogP contribution in [0.2, 0.25) is 0 Å². The Bertz CT molecular complexity index is 1700. The van der Waals surface area contributed by atoms with E-state index in [4.69, 9.17) is 0 Å². The number of amides is 1. The van der Waals surface area contributed by atoms with Gasteiger partial charge in [-0.15, -0.1) is 0 Å². The van der Waals surface area contributed by atoms with Crippen LogP contribution in [-0.2, 0) is 16.4 Å². The lowest BCUT2D eigenvalue weighted by Gasteiger charge is -2.10. The second kappa shape index (κ2) is 9.11. The van der Waals surface area contributed by atoms with Crippen molar-refractivity contribution < 1.29 is 13.2 Å². The number of carbonyl (C=O) groups is 1. The third-order valence-electron chi connectivity index (χ3n) is 5.71. The summed E-state index contributed by atoms with van der Waals surface area (Å²) in [4.78, 5) is 29.0. The van der Waals surface area contributed by atoms with E-state index in [1.807, 2.05) is 12.1 Å². The number of rotatable bonds is 7. The molecule has 1 amide bonds. The van der Waals surface area contributed by atoms with E-state index < -0.39 is 15.7 Å². The van der Waals surface area contributed by atoms with E-state index in [2.05, 4.69) is 50.3 Å². The Kier molecular flexibility index (Phi) is 5.84. The minimum absolute atomic E-state index is 0.00996. The molecule has 0 bridgehead atoms. The Morgan fingerprint density at radius 1 is 0.800 bits per heavy atom. The minimum atomic E-state index is -3.88. The van der Waals surface area contributed by atoms with Gasteiger partial charge in [-0.2, -0.15) is 0 Å². The zero-order valence-electron chi connectivity index (χ0n) is 18.5. The van der Waals surface area contributed by atoms with Gasteiger partial charge in [0.25, 0.3) is 15.9 Å². The van der Waals surface area contributed by atoms with Crippen LogP contribution in [0.3, 0.4) is 0 Å².